The van der Waals surface area contributed by atoms with E-state index in [1.54, 1.807) is 0 Å². The Balaban J connectivity index is 2.20. The summed E-state index contributed by atoms with van der Waals surface area (Å²) in [6.45, 7) is 2.20. The highest BCUT2D eigenvalue weighted by atomic mass is 15.1. The largest absolute Gasteiger partial charge is 0.309 e. The van der Waals surface area contributed by atoms with Gasteiger partial charge in [0.25, 0.3) is 0 Å². The molecule has 0 aliphatic carbocycles. The van der Waals surface area contributed by atoms with Crippen LogP contribution in [0.4, 0.5) is 0 Å². The van der Waals surface area contributed by atoms with E-state index in [0.717, 1.165) is 12.0 Å². The fourth-order valence-corrected chi connectivity index (χ4v) is 2.11. The van der Waals surface area contributed by atoms with Crippen LogP contribution in [-0.4, -0.2) is 17.2 Å². The lowest BCUT2D eigenvalue weighted by Crippen LogP contribution is -2.17. The first-order valence-electron chi connectivity index (χ1n) is 6.10. The highest BCUT2D eigenvalue weighted by molar-refractivity contribution is 5.31. The summed E-state index contributed by atoms with van der Waals surface area (Å²) in [6.07, 6.45) is 6.13. The average Bonchev–Trinajstić information content (AvgIpc) is 2.86. The van der Waals surface area contributed by atoms with Gasteiger partial charge in [-0.2, -0.15) is 5.10 Å². The van der Waals surface area contributed by atoms with Crippen molar-refractivity contribution < 1.29 is 0 Å². The third-order valence-electron chi connectivity index (χ3n) is 2.99. The molecule has 0 amide bonds. The minimum absolute atomic E-state index is 0.212. The van der Waals surface area contributed by atoms with E-state index in [9.17, 15) is 0 Å². The molecule has 3 heteroatoms. The van der Waals surface area contributed by atoms with Crippen LogP contribution in [0.3, 0.4) is 0 Å². The van der Waals surface area contributed by atoms with Crippen molar-refractivity contribution in [3.8, 4) is 0 Å². The van der Waals surface area contributed by atoms with E-state index in [1.807, 2.05) is 19.4 Å². The fourth-order valence-electron chi connectivity index (χ4n) is 2.11. The molecule has 0 fully saturated rings. The molecule has 2 aromatic rings. The summed E-state index contributed by atoms with van der Waals surface area (Å²) >= 11 is 0. The van der Waals surface area contributed by atoms with Crippen molar-refractivity contribution >= 4 is 0 Å². The van der Waals surface area contributed by atoms with E-state index in [0.29, 0.717) is 0 Å². The van der Waals surface area contributed by atoms with Crippen LogP contribution in [0.2, 0.25) is 0 Å². The van der Waals surface area contributed by atoms with Gasteiger partial charge >= 0.3 is 0 Å². The van der Waals surface area contributed by atoms with Gasteiger partial charge in [0.15, 0.2) is 0 Å². The first-order chi connectivity index (χ1) is 8.35. The molecule has 0 radical (unpaired) electrons. The zero-order valence-corrected chi connectivity index (χ0v) is 10.4. The summed E-state index contributed by atoms with van der Waals surface area (Å²) in [5, 5.41) is 10.2. The number of rotatable bonds is 5. The number of nitrogens with zero attached hydrogens (tertiary/aromatic N) is 1. The molecule has 90 valence electrons. The van der Waals surface area contributed by atoms with Gasteiger partial charge in [-0.05, 0) is 24.6 Å². The molecular weight excluding hydrogens is 210 g/mol. The molecule has 2 N–H and O–H groups in total. The number of hydrogen-bond acceptors (Lipinski definition) is 2. The average molecular weight is 229 g/mol. The molecule has 17 heavy (non-hydrogen) atoms. The number of benzene rings is 1. The third kappa shape index (κ3) is 2.74. The number of aromatic amines is 1. The maximum Gasteiger partial charge on any atom is 0.0605 e. The van der Waals surface area contributed by atoms with Gasteiger partial charge in [-0.3, -0.25) is 5.10 Å². The molecule has 0 aliphatic rings. The van der Waals surface area contributed by atoms with Gasteiger partial charge in [0.2, 0.25) is 0 Å². The van der Waals surface area contributed by atoms with Crippen LogP contribution in [0.25, 0.3) is 0 Å². The Morgan fingerprint density at radius 2 is 2.00 bits per heavy atom. The Hall–Kier alpha value is -1.61. The molecule has 0 saturated heterocycles. The van der Waals surface area contributed by atoms with E-state index < -0.39 is 0 Å². The van der Waals surface area contributed by atoms with Gasteiger partial charge in [0.05, 0.1) is 12.2 Å². The van der Waals surface area contributed by atoms with Crippen LogP contribution < -0.4 is 5.32 Å². The predicted octanol–water partition coefficient (Wildman–Crippen LogP) is 2.67. The standard InChI is InChI=1S/C14H19N3/c1-3-4-11-5-7-12(8-6-11)14(15-2)13-9-16-17-10-13/h5-10,14-15H,3-4H2,1-2H3,(H,16,17). The van der Waals surface area contributed by atoms with E-state index >= 15 is 0 Å². The Morgan fingerprint density at radius 1 is 1.24 bits per heavy atom. The van der Waals surface area contributed by atoms with E-state index in [1.165, 1.54) is 17.5 Å². The van der Waals surface area contributed by atoms with Gasteiger partial charge in [-0.25, -0.2) is 0 Å². The SMILES string of the molecule is CCCc1ccc(C(NC)c2cn[nH]c2)cc1. The van der Waals surface area contributed by atoms with E-state index in [4.69, 9.17) is 0 Å². The lowest BCUT2D eigenvalue weighted by molar-refractivity contribution is 0.691. The molecule has 1 atom stereocenters. The van der Waals surface area contributed by atoms with E-state index in [-0.39, 0.29) is 6.04 Å². The molecule has 1 aromatic heterocycles. The highest BCUT2D eigenvalue weighted by Crippen LogP contribution is 2.21. The van der Waals surface area contributed by atoms with Crippen molar-refractivity contribution in [3.05, 3.63) is 53.3 Å². The molecule has 2 rings (SSSR count). The van der Waals surface area contributed by atoms with Crippen molar-refractivity contribution in [1.82, 2.24) is 15.5 Å². The summed E-state index contributed by atoms with van der Waals surface area (Å²) in [7, 11) is 1.97. The molecule has 0 aliphatic heterocycles. The molecule has 3 nitrogen and oxygen atoms in total. The smallest absolute Gasteiger partial charge is 0.0605 e. The summed E-state index contributed by atoms with van der Waals surface area (Å²) < 4.78 is 0. The van der Waals surface area contributed by atoms with Crippen molar-refractivity contribution in [1.29, 1.82) is 0 Å². The summed E-state index contributed by atoms with van der Waals surface area (Å²) in [6, 6.07) is 9.02. The minimum Gasteiger partial charge on any atom is -0.309 e. The van der Waals surface area contributed by atoms with Crippen molar-refractivity contribution in [3.63, 3.8) is 0 Å². The van der Waals surface area contributed by atoms with Crippen LogP contribution in [0.1, 0.15) is 36.1 Å². The first kappa shape index (κ1) is 11.9. The predicted molar refractivity (Wildman–Crippen MR) is 69.9 cm³/mol. The summed E-state index contributed by atoms with van der Waals surface area (Å²) in [4.78, 5) is 0. The minimum atomic E-state index is 0.212. The van der Waals surface area contributed by atoms with Gasteiger partial charge in [0.1, 0.15) is 0 Å². The quantitative estimate of drug-likeness (QED) is 0.827. The summed E-state index contributed by atoms with van der Waals surface area (Å²) in [5.41, 5.74) is 3.84. The lowest BCUT2D eigenvalue weighted by Gasteiger charge is -2.15. The maximum absolute atomic E-state index is 4.00. The molecular formula is C14H19N3. The molecule has 0 bridgehead atoms. The zero-order valence-electron chi connectivity index (χ0n) is 10.4. The van der Waals surface area contributed by atoms with E-state index in [2.05, 4.69) is 46.7 Å². The maximum atomic E-state index is 4.00. The van der Waals surface area contributed by atoms with Gasteiger partial charge in [-0.15, -0.1) is 0 Å². The lowest BCUT2D eigenvalue weighted by atomic mass is 9.99. The number of hydrogen-bond donors (Lipinski definition) is 2. The molecule has 1 aromatic carbocycles. The molecule has 1 heterocycles. The first-order valence-corrected chi connectivity index (χ1v) is 6.10. The second-order valence-electron chi connectivity index (χ2n) is 4.24. The number of aromatic nitrogens is 2. The molecule has 0 spiro atoms. The van der Waals surface area contributed by atoms with Crippen LogP contribution in [0, 0.1) is 0 Å². The Kier molecular flexibility index (Phi) is 3.94. The monoisotopic (exact) mass is 229 g/mol. The topological polar surface area (TPSA) is 40.7 Å². The second kappa shape index (κ2) is 5.64. The fraction of sp³-hybridized carbons (Fsp3) is 0.357. The van der Waals surface area contributed by atoms with Crippen LogP contribution in [-0.2, 0) is 6.42 Å². The second-order valence-corrected chi connectivity index (χ2v) is 4.24. The Bertz CT molecular complexity index is 431. The zero-order chi connectivity index (χ0) is 12.1. The van der Waals surface area contributed by atoms with Gasteiger partial charge < -0.3 is 5.32 Å². The molecule has 0 saturated carbocycles. The van der Waals surface area contributed by atoms with Crippen molar-refractivity contribution in [2.45, 2.75) is 25.8 Å². The van der Waals surface area contributed by atoms with Gasteiger partial charge in [-0.1, -0.05) is 37.6 Å². The third-order valence-corrected chi connectivity index (χ3v) is 2.99. The normalized spacial score (nSPS) is 12.6. The highest BCUT2D eigenvalue weighted by Gasteiger charge is 2.12. The Labute approximate surface area is 102 Å². The number of H-pyrrole nitrogens is 1. The Morgan fingerprint density at radius 3 is 2.53 bits per heavy atom. The van der Waals surface area contributed by atoms with Crippen LogP contribution in [0.15, 0.2) is 36.7 Å². The van der Waals surface area contributed by atoms with Gasteiger partial charge in [0, 0.05) is 11.8 Å². The van der Waals surface area contributed by atoms with Crippen LogP contribution >= 0.6 is 0 Å². The molecule has 1 unspecified atom stereocenters. The summed E-state index contributed by atoms with van der Waals surface area (Å²) in [5.74, 6) is 0. The number of nitrogens with one attached hydrogen (secondary N) is 2. The van der Waals surface area contributed by atoms with Crippen LogP contribution in [0.5, 0.6) is 0 Å². The van der Waals surface area contributed by atoms with Crippen molar-refractivity contribution in [2.75, 3.05) is 7.05 Å². The van der Waals surface area contributed by atoms with Crippen molar-refractivity contribution in [2.24, 2.45) is 0 Å². The number of aryl methyl sites for hydroxylation is 1.